The van der Waals surface area contributed by atoms with E-state index in [0.29, 0.717) is 29.0 Å². The molecule has 0 bridgehead atoms. The van der Waals surface area contributed by atoms with E-state index in [9.17, 15) is 0 Å². The second-order valence-electron chi connectivity index (χ2n) is 2.88. The lowest BCUT2D eigenvalue weighted by Crippen LogP contribution is -2.04. The van der Waals surface area contributed by atoms with Crippen molar-refractivity contribution in [1.82, 2.24) is 20.4 Å². The summed E-state index contributed by atoms with van der Waals surface area (Å²) in [5.74, 6) is 0.917. The molecule has 0 atom stereocenters. The van der Waals surface area contributed by atoms with Gasteiger partial charge in [0.25, 0.3) is 0 Å². The Hall–Kier alpha value is -1.46. The molecule has 2 aromatic heterocycles. The van der Waals surface area contributed by atoms with Gasteiger partial charge in [-0.15, -0.1) is 0 Å². The summed E-state index contributed by atoms with van der Waals surface area (Å²) in [4.78, 5) is 8.23. The molecule has 0 fully saturated rings. The SMILES string of the molecule is CNCc1nc(-c2ncccc2Cl)no1. The van der Waals surface area contributed by atoms with Crippen LogP contribution in [0.3, 0.4) is 0 Å². The summed E-state index contributed by atoms with van der Waals surface area (Å²) >= 11 is 5.95. The van der Waals surface area contributed by atoms with Gasteiger partial charge in [-0.25, -0.2) is 0 Å². The Morgan fingerprint density at radius 1 is 1.53 bits per heavy atom. The first-order valence-corrected chi connectivity index (χ1v) is 4.77. The summed E-state index contributed by atoms with van der Waals surface area (Å²) in [7, 11) is 1.80. The van der Waals surface area contributed by atoms with E-state index >= 15 is 0 Å². The van der Waals surface area contributed by atoms with Crippen LogP contribution >= 0.6 is 11.6 Å². The molecule has 0 aliphatic carbocycles. The third-order valence-electron chi connectivity index (χ3n) is 1.77. The van der Waals surface area contributed by atoms with Gasteiger partial charge >= 0.3 is 0 Å². The van der Waals surface area contributed by atoms with E-state index in [-0.39, 0.29) is 0 Å². The minimum absolute atomic E-state index is 0.408. The lowest BCUT2D eigenvalue weighted by Gasteiger charge is -1.94. The molecule has 0 aliphatic heterocycles. The Balaban J connectivity index is 2.33. The first-order valence-electron chi connectivity index (χ1n) is 4.39. The second kappa shape index (κ2) is 4.37. The van der Waals surface area contributed by atoms with Crippen molar-refractivity contribution in [2.24, 2.45) is 0 Å². The van der Waals surface area contributed by atoms with Gasteiger partial charge in [0.05, 0.1) is 11.6 Å². The van der Waals surface area contributed by atoms with Crippen LogP contribution in [0.15, 0.2) is 22.9 Å². The van der Waals surface area contributed by atoms with E-state index in [0.717, 1.165) is 0 Å². The van der Waals surface area contributed by atoms with Crippen molar-refractivity contribution in [2.75, 3.05) is 7.05 Å². The van der Waals surface area contributed by atoms with Crippen molar-refractivity contribution >= 4 is 11.6 Å². The quantitative estimate of drug-likeness (QED) is 0.856. The monoisotopic (exact) mass is 224 g/mol. The van der Waals surface area contributed by atoms with Gasteiger partial charge in [0, 0.05) is 6.20 Å². The smallest absolute Gasteiger partial charge is 0.240 e. The highest BCUT2D eigenvalue weighted by molar-refractivity contribution is 6.32. The molecule has 0 aliphatic rings. The van der Waals surface area contributed by atoms with Gasteiger partial charge < -0.3 is 9.84 Å². The fraction of sp³-hybridized carbons (Fsp3) is 0.222. The largest absolute Gasteiger partial charge is 0.337 e. The highest BCUT2D eigenvalue weighted by atomic mass is 35.5. The van der Waals surface area contributed by atoms with Crippen LogP contribution in [0.5, 0.6) is 0 Å². The zero-order chi connectivity index (χ0) is 10.7. The molecule has 78 valence electrons. The van der Waals surface area contributed by atoms with E-state index in [1.54, 1.807) is 25.4 Å². The molecule has 0 unspecified atom stereocenters. The Morgan fingerprint density at radius 3 is 3.13 bits per heavy atom. The van der Waals surface area contributed by atoms with Crippen LogP contribution in [0.2, 0.25) is 5.02 Å². The standard InChI is InChI=1S/C9H9ClN4O/c1-11-5-7-13-9(14-15-7)8-6(10)3-2-4-12-8/h2-4,11H,5H2,1H3. The number of aromatic nitrogens is 3. The molecule has 0 saturated carbocycles. The highest BCUT2D eigenvalue weighted by Crippen LogP contribution is 2.21. The first kappa shape index (κ1) is 10.1. The molecular formula is C9H9ClN4O. The third kappa shape index (κ3) is 2.14. The van der Waals surface area contributed by atoms with Crippen molar-refractivity contribution in [1.29, 1.82) is 0 Å². The summed E-state index contributed by atoms with van der Waals surface area (Å²) < 4.78 is 4.99. The lowest BCUT2D eigenvalue weighted by molar-refractivity contribution is 0.372. The van der Waals surface area contributed by atoms with Gasteiger partial charge in [0.15, 0.2) is 0 Å². The van der Waals surface area contributed by atoms with Crippen molar-refractivity contribution in [3.05, 3.63) is 29.2 Å². The van der Waals surface area contributed by atoms with Crippen LogP contribution < -0.4 is 5.32 Å². The van der Waals surface area contributed by atoms with Crippen LogP contribution in [0.1, 0.15) is 5.89 Å². The number of halogens is 1. The zero-order valence-electron chi connectivity index (χ0n) is 8.07. The summed E-state index contributed by atoms with van der Waals surface area (Å²) in [6, 6.07) is 3.48. The average molecular weight is 225 g/mol. The predicted molar refractivity (Wildman–Crippen MR) is 55.3 cm³/mol. The van der Waals surface area contributed by atoms with E-state index < -0.39 is 0 Å². The van der Waals surface area contributed by atoms with Gasteiger partial charge in [0.1, 0.15) is 5.69 Å². The Morgan fingerprint density at radius 2 is 2.40 bits per heavy atom. The molecule has 0 spiro atoms. The maximum absolute atomic E-state index is 5.95. The summed E-state index contributed by atoms with van der Waals surface area (Å²) in [6.45, 7) is 0.525. The lowest BCUT2D eigenvalue weighted by atomic mass is 10.3. The first-order chi connectivity index (χ1) is 7.31. The van der Waals surface area contributed by atoms with Crippen LogP contribution in [-0.2, 0) is 6.54 Å². The molecule has 0 amide bonds. The van der Waals surface area contributed by atoms with Gasteiger partial charge in [-0.3, -0.25) is 4.98 Å². The number of hydrogen-bond donors (Lipinski definition) is 1. The highest BCUT2D eigenvalue weighted by Gasteiger charge is 2.11. The van der Waals surface area contributed by atoms with Gasteiger partial charge in [-0.05, 0) is 19.2 Å². The van der Waals surface area contributed by atoms with E-state index in [4.69, 9.17) is 16.1 Å². The molecule has 5 nitrogen and oxygen atoms in total. The molecule has 0 saturated heterocycles. The van der Waals surface area contributed by atoms with Crippen molar-refractivity contribution < 1.29 is 4.52 Å². The molecule has 1 N–H and O–H groups in total. The van der Waals surface area contributed by atoms with Crippen LogP contribution in [0, 0.1) is 0 Å². The molecule has 0 aromatic carbocycles. The molecule has 2 rings (SSSR count). The van der Waals surface area contributed by atoms with Crippen molar-refractivity contribution in [3.63, 3.8) is 0 Å². The molecule has 15 heavy (non-hydrogen) atoms. The van der Waals surface area contributed by atoms with Crippen LogP contribution in [-0.4, -0.2) is 22.2 Å². The van der Waals surface area contributed by atoms with Gasteiger partial charge in [0.2, 0.25) is 11.7 Å². The Bertz CT molecular complexity index is 457. The number of nitrogens with one attached hydrogen (secondary N) is 1. The number of hydrogen-bond acceptors (Lipinski definition) is 5. The Kier molecular flexibility index (Phi) is 2.94. The van der Waals surface area contributed by atoms with Gasteiger partial charge in [-0.1, -0.05) is 16.8 Å². The number of nitrogens with zero attached hydrogens (tertiary/aromatic N) is 3. The summed E-state index contributed by atoms with van der Waals surface area (Å²) in [6.07, 6.45) is 1.63. The molecule has 2 aromatic rings. The average Bonchev–Trinajstić information content (AvgIpc) is 2.68. The topological polar surface area (TPSA) is 63.8 Å². The van der Waals surface area contributed by atoms with Gasteiger partial charge in [-0.2, -0.15) is 4.98 Å². The van der Waals surface area contributed by atoms with E-state index in [1.807, 2.05) is 0 Å². The second-order valence-corrected chi connectivity index (χ2v) is 3.28. The normalized spacial score (nSPS) is 10.5. The Labute approximate surface area is 91.5 Å². The van der Waals surface area contributed by atoms with E-state index in [1.165, 1.54) is 0 Å². The maximum Gasteiger partial charge on any atom is 0.240 e. The minimum atomic E-state index is 0.408. The molecule has 2 heterocycles. The predicted octanol–water partition coefficient (Wildman–Crippen LogP) is 1.50. The molecular weight excluding hydrogens is 216 g/mol. The van der Waals surface area contributed by atoms with E-state index in [2.05, 4.69) is 20.4 Å². The van der Waals surface area contributed by atoms with Crippen LogP contribution in [0.4, 0.5) is 0 Å². The summed E-state index contributed by atoms with van der Waals surface area (Å²) in [5, 5.41) is 7.22. The number of rotatable bonds is 3. The minimum Gasteiger partial charge on any atom is -0.337 e. The fourth-order valence-electron chi connectivity index (χ4n) is 1.12. The van der Waals surface area contributed by atoms with Crippen molar-refractivity contribution in [3.8, 4) is 11.5 Å². The summed E-state index contributed by atoms with van der Waals surface area (Å²) in [5.41, 5.74) is 0.533. The maximum atomic E-state index is 5.95. The van der Waals surface area contributed by atoms with Crippen molar-refractivity contribution in [2.45, 2.75) is 6.54 Å². The molecule has 0 radical (unpaired) electrons. The zero-order valence-corrected chi connectivity index (χ0v) is 8.82. The molecule has 6 heteroatoms. The number of pyridine rings is 1. The fourth-order valence-corrected chi connectivity index (χ4v) is 1.33. The third-order valence-corrected chi connectivity index (χ3v) is 2.07. The van der Waals surface area contributed by atoms with Crippen LogP contribution in [0.25, 0.3) is 11.5 Å².